The molecule has 202 valence electrons. The lowest BCUT2D eigenvalue weighted by molar-refractivity contribution is -0.192. The average molecular weight is 542 g/mol. The van der Waals surface area contributed by atoms with E-state index in [9.17, 15) is 18.3 Å². The van der Waals surface area contributed by atoms with Gasteiger partial charge in [0.15, 0.2) is 0 Å². The number of aliphatic carboxylic acids is 1. The SMILES string of the molecule is O=C(O)C(F)(F)F.O[C@H]1C[C@H]2CN(C3CCN(c4ncccn4)CC3)[C@@H](Cc3ccc(Cl)cc3)CN2C1. The summed E-state index contributed by atoms with van der Waals surface area (Å²) >= 11 is 6.10. The van der Waals surface area contributed by atoms with Crippen molar-refractivity contribution in [3.63, 3.8) is 0 Å². The predicted molar refractivity (Wildman–Crippen MR) is 133 cm³/mol. The van der Waals surface area contributed by atoms with Crippen molar-refractivity contribution in [1.82, 2.24) is 19.8 Å². The maximum absolute atomic E-state index is 10.6. The van der Waals surface area contributed by atoms with Crippen LogP contribution >= 0.6 is 11.6 Å². The molecule has 0 bridgehead atoms. The molecule has 0 unspecified atom stereocenters. The van der Waals surface area contributed by atoms with Crippen molar-refractivity contribution in [2.45, 2.75) is 56.1 Å². The van der Waals surface area contributed by atoms with Crippen molar-refractivity contribution in [3.8, 4) is 0 Å². The zero-order valence-corrected chi connectivity index (χ0v) is 21.0. The second-order valence-corrected chi connectivity index (χ2v) is 10.2. The van der Waals surface area contributed by atoms with Crippen molar-refractivity contribution in [2.24, 2.45) is 0 Å². The monoisotopic (exact) mass is 541 g/mol. The Labute approximate surface area is 218 Å². The van der Waals surface area contributed by atoms with Crippen LogP contribution < -0.4 is 4.90 Å². The number of piperidine rings is 1. The van der Waals surface area contributed by atoms with Crippen LogP contribution in [0.2, 0.25) is 5.02 Å². The van der Waals surface area contributed by atoms with Crippen LogP contribution in [0.4, 0.5) is 19.1 Å². The fraction of sp³-hybridized carbons (Fsp3) is 0.560. The first-order valence-electron chi connectivity index (χ1n) is 12.3. The Hall–Kier alpha value is -2.47. The van der Waals surface area contributed by atoms with Crippen LogP contribution in [0.5, 0.6) is 0 Å². The largest absolute Gasteiger partial charge is 0.490 e. The van der Waals surface area contributed by atoms with Gasteiger partial charge in [-0.15, -0.1) is 0 Å². The molecule has 3 aliphatic heterocycles. The summed E-state index contributed by atoms with van der Waals surface area (Å²) in [7, 11) is 0. The molecule has 0 spiro atoms. The number of aliphatic hydroxyl groups excluding tert-OH is 1. The van der Waals surface area contributed by atoms with E-state index in [2.05, 4.69) is 36.8 Å². The second kappa shape index (κ2) is 11.9. The first-order chi connectivity index (χ1) is 17.6. The summed E-state index contributed by atoms with van der Waals surface area (Å²) in [5, 5.41) is 18.1. The first kappa shape index (κ1) is 27.6. The molecule has 3 saturated heterocycles. The molecule has 3 aliphatic rings. The Bertz CT molecular complexity index is 1020. The molecule has 1 aromatic heterocycles. The number of aliphatic hydroxyl groups is 1. The molecule has 3 fully saturated rings. The van der Waals surface area contributed by atoms with Gasteiger partial charge in [0.25, 0.3) is 0 Å². The van der Waals surface area contributed by atoms with Gasteiger partial charge >= 0.3 is 12.1 Å². The smallest absolute Gasteiger partial charge is 0.475 e. The molecule has 2 aromatic rings. The fourth-order valence-electron chi connectivity index (χ4n) is 5.51. The fourth-order valence-corrected chi connectivity index (χ4v) is 5.64. The maximum atomic E-state index is 10.6. The minimum atomic E-state index is -5.08. The lowest BCUT2D eigenvalue weighted by Gasteiger charge is -2.49. The van der Waals surface area contributed by atoms with Gasteiger partial charge in [-0.25, -0.2) is 14.8 Å². The molecular formula is C25H31ClF3N5O3. The summed E-state index contributed by atoms with van der Waals surface area (Å²) in [5.41, 5.74) is 1.34. The molecule has 4 heterocycles. The predicted octanol–water partition coefficient (Wildman–Crippen LogP) is 3.09. The molecule has 12 heteroatoms. The van der Waals surface area contributed by atoms with Crippen molar-refractivity contribution < 1.29 is 28.2 Å². The Morgan fingerprint density at radius 3 is 2.24 bits per heavy atom. The van der Waals surface area contributed by atoms with Crippen molar-refractivity contribution in [1.29, 1.82) is 0 Å². The minimum Gasteiger partial charge on any atom is -0.475 e. The topological polar surface area (TPSA) is 93.0 Å². The lowest BCUT2D eigenvalue weighted by atomic mass is 9.94. The van der Waals surface area contributed by atoms with E-state index in [0.29, 0.717) is 18.1 Å². The van der Waals surface area contributed by atoms with Crippen LogP contribution in [0.1, 0.15) is 24.8 Å². The third-order valence-electron chi connectivity index (χ3n) is 7.24. The van der Waals surface area contributed by atoms with E-state index in [0.717, 1.165) is 69.4 Å². The van der Waals surface area contributed by atoms with Gasteiger partial charge in [-0.2, -0.15) is 13.2 Å². The standard InChI is InChI=1S/C23H30ClN5O.C2HF3O2/c24-18-4-2-17(3-5-18)12-21-14-28-16-22(30)13-20(28)15-29(21)19-6-10-27(11-7-19)23-25-8-1-9-26-23;3-2(4,5)1(6)7/h1-5,8-9,19-22,30H,6-7,10-16H2;(H,6,7)/t20-,21-,22-;/m0./s1. The Kier molecular flexibility index (Phi) is 8.89. The zero-order valence-electron chi connectivity index (χ0n) is 20.3. The van der Waals surface area contributed by atoms with Gasteiger partial charge in [-0.05, 0) is 49.4 Å². The summed E-state index contributed by atoms with van der Waals surface area (Å²) < 4.78 is 31.7. The van der Waals surface area contributed by atoms with E-state index in [4.69, 9.17) is 21.5 Å². The molecule has 0 saturated carbocycles. The number of alkyl halides is 3. The number of rotatable bonds is 4. The lowest BCUT2D eigenvalue weighted by Crippen LogP contribution is -2.61. The second-order valence-electron chi connectivity index (χ2n) is 9.75. The number of hydrogen-bond donors (Lipinski definition) is 2. The average Bonchev–Trinajstić information content (AvgIpc) is 3.24. The Morgan fingerprint density at radius 1 is 1.03 bits per heavy atom. The number of nitrogens with zero attached hydrogens (tertiary/aromatic N) is 5. The molecular weight excluding hydrogens is 511 g/mol. The van der Waals surface area contributed by atoms with Crippen LogP contribution in [0.25, 0.3) is 0 Å². The van der Waals surface area contributed by atoms with Crippen LogP contribution in [0.15, 0.2) is 42.7 Å². The molecule has 0 amide bonds. The number of fused-ring (bicyclic) bond motifs is 1. The van der Waals surface area contributed by atoms with Crippen LogP contribution in [-0.2, 0) is 11.2 Å². The number of anilines is 1. The van der Waals surface area contributed by atoms with Gasteiger partial charge in [-0.3, -0.25) is 9.80 Å². The number of carbonyl (C=O) groups is 1. The Morgan fingerprint density at radius 2 is 1.65 bits per heavy atom. The van der Waals surface area contributed by atoms with Gasteiger partial charge in [0.2, 0.25) is 5.95 Å². The molecule has 8 nitrogen and oxygen atoms in total. The van der Waals surface area contributed by atoms with E-state index in [1.54, 1.807) is 0 Å². The zero-order chi connectivity index (χ0) is 26.6. The highest BCUT2D eigenvalue weighted by atomic mass is 35.5. The first-order valence-corrected chi connectivity index (χ1v) is 12.7. The highest BCUT2D eigenvalue weighted by Gasteiger charge is 2.42. The number of hydrogen-bond acceptors (Lipinski definition) is 7. The minimum absolute atomic E-state index is 0.178. The van der Waals surface area contributed by atoms with E-state index in [1.807, 2.05) is 30.6 Å². The van der Waals surface area contributed by atoms with Crippen LogP contribution in [-0.4, -0.2) is 99.1 Å². The van der Waals surface area contributed by atoms with Crippen LogP contribution in [0, 0.1) is 0 Å². The normalized spacial score (nSPS) is 25.3. The number of carboxylic acid groups (broad SMARTS) is 1. The third kappa shape index (κ3) is 7.31. The molecule has 1 aromatic carbocycles. The van der Waals surface area contributed by atoms with E-state index < -0.39 is 12.1 Å². The van der Waals surface area contributed by atoms with Crippen molar-refractivity contribution >= 4 is 23.5 Å². The van der Waals surface area contributed by atoms with E-state index in [-0.39, 0.29) is 6.10 Å². The van der Waals surface area contributed by atoms with Gasteiger partial charge in [-0.1, -0.05) is 23.7 Å². The highest BCUT2D eigenvalue weighted by molar-refractivity contribution is 6.30. The highest BCUT2D eigenvalue weighted by Crippen LogP contribution is 2.31. The Balaban J connectivity index is 0.000000405. The van der Waals surface area contributed by atoms with Gasteiger partial charge in [0, 0.05) is 68.3 Å². The summed E-state index contributed by atoms with van der Waals surface area (Å²) in [6, 6.07) is 11.7. The molecule has 3 atom stereocenters. The summed E-state index contributed by atoms with van der Waals surface area (Å²) in [4.78, 5) is 25.3. The summed E-state index contributed by atoms with van der Waals surface area (Å²) in [6.45, 7) is 4.90. The van der Waals surface area contributed by atoms with Crippen LogP contribution in [0.3, 0.4) is 0 Å². The summed E-state index contributed by atoms with van der Waals surface area (Å²) in [5.74, 6) is -1.91. The number of piperazine rings is 1. The number of halogens is 4. The molecule has 0 aliphatic carbocycles. The van der Waals surface area contributed by atoms with Gasteiger partial charge in [0.1, 0.15) is 0 Å². The third-order valence-corrected chi connectivity index (χ3v) is 7.49. The quantitative estimate of drug-likeness (QED) is 0.610. The molecule has 5 rings (SSSR count). The van der Waals surface area contributed by atoms with Gasteiger partial charge in [0.05, 0.1) is 6.10 Å². The maximum Gasteiger partial charge on any atom is 0.490 e. The molecule has 37 heavy (non-hydrogen) atoms. The summed E-state index contributed by atoms with van der Waals surface area (Å²) in [6.07, 6.45) is 2.57. The molecule has 2 N–H and O–H groups in total. The van der Waals surface area contributed by atoms with Gasteiger partial charge < -0.3 is 15.1 Å². The number of carboxylic acids is 1. The number of benzene rings is 1. The van der Waals surface area contributed by atoms with E-state index >= 15 is 0 Å². The number of aromatic nitrogens is 2. The van der Waals surface area contributed by atoms with E-state index in [1.165, 1.54) is 5.56 Å². The van der Waals surface area contributed by atoms with Crippen molar-refractivity contribution in [3.05, 3.63) is 53.3 Å². The van der Waals surface area contributed by atoms with Crippen molar-refractivity contribution in [2.75, 3.05) is 37.6 Å². The molecule has 0 radical (unpaired) electrons.